The first-order valence-electron chi connectivity index (χ1n) is 12.0. The summed E-state index contributed by atoms with van der Waals surface area (Å²) in [6.45, 7) is 9.98. The zero-order chi connectivity index (χ0) is 24.9. The average molecular weight is 488 g/mol. The molecule has 0 aliphatic heterocycles. The summed E-state index contributed by atoms with van der Waals surface area (Å²) in [7, 11) is -3.53. The maximum Gasteiger partial charge on any atom is 0.221 e. The Morgan fingerprint density at radius 2 is 1.73 bits per heavy atom. The number of sulfonamides is 1. The van der Waals surface area contributed by atoms with Gasteiger partial charge in [0.05, 0.1) is 17.9 Å². The molecule has 1 rings (SSSR count). The van der Waals surface area contributed by atoms with Crippen LogP contribution >= 0.6 is 0 Å². The van der Waals surface area contributed by atoms with Gasteiger partial charge in [0.25, 0.3) is 0 Å². The van der Waals surface area contributed by atoms with Crippen LogP contribution in [0.15, 0.2) is 24.3 Å². The van der Waals surface area contributed by atoms with E-state index in [1.54, 1.807) is 12.1 Å². The zero-order valence-electron chi connectivity index (χ0n) is 20.5. The largest absolute Gasteiger partial charge is 0.390 e. The van der Waals surface area contributed by atoms with Crippen LogP contribution in [-0.4, -0.2) is 67.8 Å². The topological polar surface area (TPSA) is 98.7 Å². The number of benzene rings is 1. The zero-order valence-corrected chi connectivity index (χ0v) is 21.3. The molecule has 0 heterocycles. The molecule has 0 bridgehead atoms. The van der Waals surface area contributed by atoms with Gasteiger partial charge in [-0.25, -0.2) is 17.1 Å². The fourth-order valence-corrected chi connectivity index (χ4v) is 5.08. The first kappa shape index (κ1) is 29.5. The smallest absolute Gasteiger partial charge is 0.221 e. The van der Waals surface area contributed by atoms with Gasteiger partial charge in [0.15, 0.2) is 0 Å². The summed E-state index contributed by atoms with van der Waals surface area (Å²) in [5, 5.41) is 16.7. The molecular formula is C24H42FN3O4S. The van der Waals surface area contributed by atoms with Crippen LogP contribution in [0.2, 0.25) is 0 Å². The second kappa shape index (κ2) is 15.4. The fourth-order valence-electron chi connectivity index (χ4n) is 3.46. The van der Waals surface area contributed by atoms with E-state index in [1.165, 1.54) is 16.4 Å². The molecule has 1 aromatic rings. The van der Waals surface area contributed by atoms with E-state index in [0.29, 0.717) is 38.3 Å². The molecule has 7 nitrogen and oxygen atoms in total. The van der Waals surface area contributed by atoms with Crippen LogP contribution in [0, 0.1) is 11.7 Å². The SMILES string of the molecule is CCCN(CCC)S(=O)(=O)CCC(=O)N[C@@H](Cc1ccc(F)cc1)[C@@H](O)CNCCC(C)C. The molecular weight excluding hydrogens is 445 g/mol. The van der Waals surface area contributed by atoms with E-state index in [9.17, 15) is 22.7 Å². The highest BCUT2D eigenvalue weighted by Gasteiger charge is 2.25. The van der Waals surface area contributed by atoms with Gasteiger partial charge in [-0.2, -0.15) is 0 Å². The number of hydrogen-bond acceptors (Lipinski definition) is 5. The summed E-state index contributed by atoms with van der Waals surface area (Å²) in [5.41, 5.74) is 0.771. The average Bonchev–Trinajstić information content (AvgIpc) is 2.76. The molecule has 0 spiro atoms. The lowest BCUT2D eigenvalue weighted by molar-refractivity contribution is -0.122. The van der Waals surface area contributed by atoms with Crippen LogP contribution in [0.4, 0.5) is 4.39 Å². The highest BCUT2D eigenvalue weighted by Crippen LogP contribution is 2.10. The van der Waals surface area contributed by atoms with E-state index >= 15 is 0 Å². The number of hydrogen-bond donors (Lipinski definition) is 3. The minimum atomic E-state index is -3.53. The molecule has 0 unspecified atom stereocenters. The van der Waals surface area contributed by atoms with Crippen molar-refractivity contribution in [3.05, 3.63) is 35.6 Å². The van der Waals surface area contributed by atoms with Crippen molar-refractivity contribution in [1.82, 2.24) is 14.9 Å². The van der Waals surface area contributed by atoms with Gasteiger partial charge >= 0.3 is 0 Å². The van der Waals surface area contributed by atoms with Gasteiger partial charge < -0.3 is 15.7 Å². The number of nitrogens with one attached hydrogen (secondary N) is 2. The molecule has 2 atom stereocenters. The Labute approximate surface area is 199 Å². The molecule has 0 radical (unpaired) electrons. The van der Waals surface area contributed by atoms with Crippen molar-refractivity contribution in [2.45, 2.75) is 71.9 Å². The lowest BCUT2D eigenvalue weighted by atomic mass is 10.0. The molecule has 1 aromatic carbocycles. The van der Waals surface area contributed by atoms with E-state index < -0.39 is 28.1 Å². The van der Waals surface area contributed by atoms with Crippen molar-refractivity contribution in [2.75, 3.05) is 31.9 Å². The summed E-state index contributed by atoms with van der Waals surface area (Å²) in [6, 6.07) is 5.28. The molecule has 33 heavy (non-hydrogen) atoms. The van der Waals surface area contributed by atoms with Crippen LogP contribution in [0.5, 0.6) is 0 Å². The Morgan fingerprint density at radius 1 is 1.12 bits per heavy atom. The highest BCUT2D eigenvalue weighted by molar-refractivity contribution is 7.89. The molecule has 190 valence electrons. The molecule has 9 heteroatoms. The van der Waals surface area contributed by atoms with Crippen molar-refractivity contribution in [3.63, 3.8) is 0 Å². The number of amides is 1. The van der Waals surface area contributed by atoms with Crippen LogP contribution in [0.1, 0.15) is 58.9 Å². The monoisotopic (exact) mass is 487 g/mol. The molecule has 0 aromatic heterocycles. The van der Waals surface area contributed by atoms with Crippen molar-refractivity contribution < 1.29 is 22.7 Å². The molecule has 1 amide bonds. The number of carbonyl (C=O) groups is 1. The van der Waals surface area contributed by atoms with E-state index in [2.05, 4.69) is 24.5 Å². The molecule has 0 aliphatic carbocycles. The first-order valence-corrected chi connectivity index (χ1v) is 13.6. The molecule has 0 saturated carbocycles. The summed E-state index contributed by atoms with van der Waals surface area (Å²) >= 11 is 0. The predicted octanol–water partition coefficient (Wildman–Crippen LogP) is 2.69. The number of aliphatic hydroxyl groups excluding tert-OH is 1. The highest BCUT2D eigenvalue weighted by atomic mass is 32.2. The van der Waals surface area contributed by atoms with E-state index in [1.807, 2.05) is 13.8 Å². The number of aliphatic hydroxyl groups is 1. The Bertz CT molecular complexity index is 781. The van der Waals surface area contributed by atoms with E-state index in [0.717, 1.165) is 18.5 Å². The lowest BCUT2D eigenvalue weighted by Crippen LogP contribution is -2.49. The Hall–Kier alpha value is -1.55. The minimum absolute atomic E-state index is 0.181. The second-order valence-electron chi connectivity index (χ2n) is 8.92. The number of halogens is 1. The molecule has 0 aliphatic rings. The Kier molecular flexibility index (Phi) is 13.7. The quantitative estimate of drug-likeness (QED) is 0.294. The number of nitrogens with zero attached hydrogens (tertiary/aromatic N) is 1. The maximum atomic E-state index is 13.3. The minimum Gasteiger partial charge on any atom is -0.390 e. The van der Waals surface area contributed by atoms with Gasteiger partial charge in [0.2, 0.25) is 15.9 Å². The standard InChI is InChI=1S/C24H42FN3O4S/c1-5-14-28(15-6-2)33(31,32)16-12-24(30)27-22(17-20-7-9-21(25)10-8-20)23(29)18-26-13-11-19(3)4/h7-10,19,22-23,26,29H,5-6,11-18H2,1-4H3,(H,27,30)/t22-,23-/m0/s1. The summed E-state index contributed by atoms with van der Waals surface area (Å²) in [6.07, 6.45) is 1.64. The van der Waals surface area contributed by atoms with Crippen LogP contribution in [0.25, 0.3) is 0 Å². The van der Waals surface area contributed by atoms with Crippen molar-refractivity contribution in [1.29, 1.82) is 0 Å². The van der Waals surface area contributed by atoms with E-state index in [-0.39, 0.29) is 24.5 Å². The molecule has 0 fully saturated rings. The third kappa shape index (κ3) is 11.9. The van der Waals surface area contributed by atoms with Gasteiger partial charge in [-0.15, -0.1) is 0 Å². The van der Waals surface area contributed by atoms with Gasteiger partial charge in [-0.3, -0.25) is 4.79 Å². The number of carbonyl (C=O) groups excluding carboxylic acids is 1. The number of rotatable bonds is 17. The van der Waals surface area contributed by atoms with Crippen LogP contribution in [-0.2, 0) is 21.2 Å². The maximum absolute atomic E-state index is 13.3. The van der Waals surface area contributed by atoms with Gasteiger partial charge in [0.1, 0.15) is 5.82 Å². The van der Waals surface area contributed by atoms with Gasteiger partial charge in [0, 0.05) is 26.1 Å². The molecule has 0 saturated heterocycles. The lowest BCUT2D eigenvalue weighted by Gasteiger charge is -2.25. The fraction of sp³-hybridized carbons (Fsp3) is 0.708. The summed E-state index contributed by atoms with van der Waals surface area (Å²) < 4.78 is 40.0. The van der Waals surface area contributed by atoms with Crippen molar-refractivity contribution in [2.24, 2.45) is 5.92 Å². The first-order chi connectivity index (χ1) is 15.6. The van der Waals surface area contributed by atoms with Crippen LogP contribution < -0.4 is 10.6 Å². The van der Waals surface area contributed by atoms with Gasteiger partial charge in [-0.1, -0.05) is 39.8 Å². The third-order valence-electron chi connectivity index (χ3n) is 5.36. The van der Waals surface area contributed by atoms with Gasteiger partial charge in [-0.05, 0) is 55.8 Å². The van der Waals surface area contributed by atoms with Crippen LogP contribution in [0.3, 0.4) is 0 Å². The predicted molar refractivity (Wildman–Crippen MR) is 131 cm³/mol. The van der Waals surface area contributed by atoms with Crippen molar-refractivity contribution in [3.8, 4) is 0 Å². The Morgan fingerprint density at radius 3 is 2.27 bits per heavy atom. The second-order valence-corrected chi connectivity index (χ2v) is 11.0. The third-order valence-corrected chi connectivity index (χ3v) is 7.23. The normalized spacial score (nSPS) is 13.9. The summed E-state index contributed by atoms with van der Waals surface area (Å²) in [5.74, 6) is -0.527. The molecule has 3 N–H and O–H groups in total. The summed E-state index contributed by atoms with van der Waals surface area (Å²) in [4.78, 5) is 12.6. The van der Waals surface area contributed by atoms with E-state index in [4.69, 9.17) is 0 Å². The Balaban J connectivity index is 2.77. The van der Waals surface area contributed by atoms with Crippen molar-refractivity contribution >= 4 is 15.9 Å².